The SMILES string of the molecule is CC(C)CCCCC[C@@H](C(=O)NCCO[C@H]1O[C@H](CO)[C@@H](O)[C@H](O)[C@@H]1O)N(CC(=O)NCCO[C@H]1O[C@H](CO)[C@@H](O)[C@H](O)[C@@H]1O)CC(=O)NCCO[C@H]1O[C@H](CO)[C@@H](O)[C@H](O)[C@@H]1O. The van der Waals surface area contributed by atoms with Gasteiger partial charge in [0.25, 0.3) is 0 Å². The summed E-state index contributed by atoms with van der Waals surface area (Å²) in [6, 6.07) is -1.08. The molecule has 0 unspecified atom stereocenters. The second kappa shape index (κ2) is 28.0. The number of hydrogen-bond donors (Lipinski definition) is 15. The normalized spacial score (nSPS) is 34.2. The first kappa shape index (κ1) is 55.0. The van der Waals surface area contributed by atoms with E-state index in [1.54, 1.807) is 0 Å². The number of rotatable bonds is 27. The highest BCUT2D eigenvalue weighted by Gasteiger charge is 2.46. The molecule has 0 aromatic carbocycles. The number of unbranched alkanes of at least 4 members (excludes halogenated alkanes) is 2. The molecule has 3 aliphatic heterocycles. The number of hydrogen-bond acceptors (Lipinski definition) is 22. The molecule has 0 bridgehead atoms. The molecular formula is C38H70N4O21. The van der Waals surface area contributed by atoms with Crippen molar-refractivity contribution >= 4 is 17.7 Å². The average Bonchev–Trinajstić information content (AvgIpc) is 3.25. The van der Waals surface area contributed by atoms with Gasteiger partial charge in [-0.25, -0.2) is 0 Å². The lowest BCUT2D eigenvalue weighted by atomic mass is 9.99. The van der Waals surface area contributed by atoms with Crippen LogP contribution in [0.3, 0.4) is 0 Å². The van der Waals surface area contributed by atoms with Crippen LogP contribution >= 0.6 is 0 Å². The van der Waals surface area contributed by atoms with E-state index in [2.05, 4.69) is 29.8 Å². The second-order valence-corrected chi connectivity index (χ2v) is 16.1. The molecular weight excluding hydrogens is 848 g/mol. The fraction of sp³-hybridized carbons (Fsp3) is 0.921. The van der Waals surface area contributed by atoms with Gasteiger partial charge in [0.2, 0.25) is 17.7 Å². The van der Waals surface area contributed by atoms with Crippen LogP contribution in [0.25, 0.3) is 0 Å². The number of aliphatic hydroxyl groups is 12. The Bertz CT molecular complexity index is 1280. The molecule has 0 spiro atoms. The summed E-state index contributed by atoms with van der Waals surface area (Å²) in [5.41, 5.74) is 0. The predicted octanol–water partition coefficient (Wildman–Crippen LogP) is -7.94. The standard InChI is InChI=1S/C38H70N4O21/c1-19(2)6-4-3-5-7-20(35(57)41-10-13-60-38-34(56)31(53)28(50)23(18-45)63-38)42(14-24(46)39-8-11-58-36-32(54)29(51)26(48)21(16-43)61-36)15-25(47)40-9-12-59-37-33(55)30(52)27(49)22(17-44)62-37/h19-23,26-34,36-38,43-45,48-56H,3-18H2,1-2H3,(H,39,46)(H,40,47)(H,41,57)/t20-,21+,22+,23+,26+,27+,28+,29-,30-,31-,32-,33-,34-,36-,37-,38-/m0/s1. The van der Waals surface area contributed by atoms with Crippen LogP contribution in [-0.4, -0.2) is 254 Å². The number of ether oxygens (including phenoxy) is 6. The lowest BCUT2D eigenvalue weighted by molar-refractivity contribution is -0.300. The summed E-state index contributed by atoms with van der Waals surface area (Å²) in [5.74, 6) is -1.48. The van der Waals surface area contributed by atoms with E-state index in [0.29, 0.717) is 12.3 Å². The van der Waals surface area contributed by atoms with Gasteiger partial charge in [0, 0.05) is 19.6 Å². The fourth-order valence-electron chi connectivity index (χ4n) is 7.12. The summed E-state index contributed by atoms with van der Waals surface area (Å²) >= 11 is 0. The van der Waals surface area contributed by atoms with Gasteiger partial charge in [0.15, 0.2) is 18.9 Å². The topological polar surface area (TPSA) is 389 Å². The Balaban J connectivity index is 1.68. The molecule has 3 fully saturated rings. The van der Waals surface area contributed by atoms with Crippen molar-refractivity contribution in [2.24, 2.45) is 5.92 Å². The van der Waals surface area contributed by atoms with Gasteiger partial charge in [0.1, 0.15) is 73.2 Å². The first-order valence-corrected chi connectivity index (χ1v) is 21.3. The summed E-state index contributed by atoms with van der Waals surface area (Å²) in [6.45, 7) is -0.189. The van der Waals surface area contributed by atoms with Crippen molar-refractivity contribution < 1.29 is 104 Å². The molecule has 0 saturated carbocycles. The Labute approximate surface area is 364 Å². The van der Waals surface area contributed by atoms with Gasteiger partial charge in [0.05, 0.1) is 58.8 Å². The van der Waals surface area contributed by atoms with Crippen LogP contribution in [0.2, 0.25) is 0 Å². The average molecular weight is 919 g/mol. The van der Waals surface area contributed by atoms with E-state index in [1.807, 2.05) is 0 Å². The third-order valence-corrected chi connectivity index (χ3v) is 10.8. The van der Waals surface area contributed by atoms with Crippen molar-refractivity contribution in [2.75, 3.05) is 72.4 Å². The molecule has 16 atom stereocenters. The predicted molar refractivity (Wildman–Crippen MR) is 211 cm³/mol. The van der Waals surface area contributed by atoms with E-state index in [4.69, 9.17) is 28.4 Å². The minimum absolute atomic E-state index is 0.172. The number of nitrogens with zero attached hydrogens (tertiary/aromatic N) is 1. The zero-order valence-corrected chi connectivity index (χ0v) is 35.6. The maximum atomic E-state index is 13.9. The van der Waals surface area contributed by atoms with Crippen molar-refractivity contribution in [1.29, 1.82) is 0 Å². The smallest absolute Gasteiger partial charge is 0.237 e. The van der Waals surface area contributed by atoms with Gasteiger partial charge >= 0.3 is 0 Å². The molecule has 3 aliphatic rings. The Morgan fingerprint density at radius 3 is 1.21 bits per heavy atom. The van der Waals surface area contributed by atoms with Gasteiger partial charge < -0.3 is 106 Å². The zero-order chi connectivity index (χ0) is 46.8. The molecule has 0 aromatic heterocycles. The minimum Gasteiger partial charge on any atom is -0.394 e. The molecule has 0 aromatic rings. The molecule has 3 amide bonds. The summed E-state index contributed by atoms with van der Waals surface area (Å²) in [4.78, 5) is 41.9. The Kier molecular flexibility index (Phi) is 24.4. The van der Waals surface area contributed by atoms with Crippen molar-refractivity contribution in [3.05, 3.63) is 0 Å². The minimum atomic E-state index is -1.68. The monoisotopic (exact) mass is 918 g/mol. The molecule has 25 heteroatoms. The van der Waals surface area contributed by atoms with E-state index in [9.17, 15) is 75.7 Å². The van der Waals surface area contributed by atoms with Crippen LogP contribution < -0.4 is 16.0 Å². The van der Waals surface area contributed by atoms with Crippen LogP contribution in [0, 0.1) is 5.92 Å². The van der Waals surface area contributed by atoms with Crippen LogP contribution in [-0.2, 0) is 42.8 Å². The molecule has 3 saturated heterocycles. The number of carbonyl (C=O) groups is 3. The molecule has 25 nitrogen and oxygen atoms in total. The number of carbonyl (C=O) groups excluding carboxylic acids is 3. The zero-order valence-electron chi connectivity index (χ0n) is 35.6. The number of amides is 3. The van der Waals surface area contributed by atoms with Crippen LogP contribution in [0.4, 0.5) is 0 Å². The first-order chi connectivity index (χ1) is 29.9. The van der Waals surface area contributed by atoms with Crippen molar-refractivity contribution in [2.45, 2.75) is 144 Å². The van der Waals surface area contributed by atoms with Crippen LogP contribution in [0.5, 0.6) is 0 Å². The molecule has 63 heavy (non-hydrogen) atoms. The van der Waals surface area contributed by atoms with Crippen LogP contribution in [0.1, 0.15) is 46.0 Å². The van der Waals surface area contributed by atoms with Gasteiger partial charge in [-0.2, -0.15) is 0 Å². The quantitative estimate of drug-likeness (QED) is 0.0340. The Morgan fingerprint density at radius 2 is 0.857 bits per heavy atom. The molecule has 368 valence electrons. The maximum Gasteiger partial charge on any atom is 0.237 e. The van der Waals surface area contributed by atoms with E-state index in [1.165, 1.54) is 4.90 Å². The second-order valence-electron chi connectivity index (χ2n) is 16.1. The first-order valence-electron chi connectivity index (χ1n) is 21.3. The van der Waals surface area contributed by atoms with Gasteiger partial charge in [-0.05, 0) is 12.3 Å². The maximum absolute atomic E-state index is 13.9. The summed E-state index contributed by atoms with van der Waals surface area (Å²) < 4.78 is 32.3. The molecule has 15 N–H and O–H groups in total. The highest BCUT2D eigenvalue weighted by atomic mass is 16.7. The Hall–Kier alpha value is -2.35. The van der Waals surface area contributed by atoms with Gasteiger partial charge in [-0.3, -0.25) is 19.3 Å². The van der Waals surface area contributed by atoms with Crippen molar-refractivity contribution in [1.82, 2.24) is 20.9 Å². The highest BCUT2D eigenvalue weighted by Crippen LogP contribution is 2.24. The fourth-order valence-corrected chi connectivity index (χ4v) is 7.12. The van der Waals surface area contributed by atoms with Crippen LogP contribution in [0.15, 0.2) is 0 Å². The number of nitrogens with one attached hydrogen (secondary N) is 3. The lowest BCUT2D eigenvalue weighted by Gasteiger charge is -2.39. The molecule has 0 aliphatic carbocycles. The van der Waals surface area contributed by atoms with E-state index >= 15 is 0 Å². The van der Waals surface area contributed by atoms with Gasteiger partial charge in [-0.1, -0.05) is 39.5 Å². The summed E-state index contributed by atoms with van der Waals surface area (Å²) in [5, 5.41) is 127. The van der Waals surface area contributed by atoms with Crippen molar-refractivity contribution in [3.8, 4) is 0 Å². The van der Waals surface area contributed by atoms with E-state index in [-0.39, 0.29) is 45.9 Å². The highest BCUT2D eigenvalue weighted by molar-refractivity contribution is 5.86. The van der Waals surface area contributed by atoms with E-state index < -0.39 is 149 Å². The number of aliphatic hydroxyl groups excluding tert-OH is 12. The largest absolute Gasteiger partial charge is 0.394 e. The van der Waals surface area contributed by atoms with Crippen molar-refractivity contribution in [3.63, 3.8) is 0 Å². The summed E-state index contributed by atoms with van der Waals surface area (Å²) in [7, 11) is 0. The third kappa shape index (κ3) is 16.8. The third-order valence-electron chi connectivity index (χ3n) is 10.8. The molecule has 0 radical (unpaired) electrons. The van der Waals surface area contributed by atoms with Gasteiger partial charge in [-0.15, -0.1) is 0 Å². The molecule has 3 rings (SSSR count). The lowest BCUT2D eigenvalue weighted by Crippen LogP contribution is -2.59. The Morgan fingerprint density at radius 1 is 0.508 bits per heavy atom. The summed E-state index contributed by atoms with van der Waals surface area (Å²) in [6.07, 6.45) is -19.6. The molecule has 3 heterocycles. The van der Waals surface area contributed by atoms with E-state index in [0.717, 1.165) is 19.3 Å².